The van der Waals surface area contributed by atoms with E-state index in [-0.39, 0.29) is 24.3 Å². The third-order valence-electron chi connectivity index (χ3n) is 6.36. The fraction of sp³-hybridized carbons (Fsp3) is 0.296. The summed E-state index contributed by atoms with van der Waals surface area (Å²) in [5.74, 6) is -2.08. The second-order valence-electron chi connectivity index (χ2n) is 9.24. The number of amides is 3. The van der Waals surface area contributed by atoms with Crippen molar-refractivity contribution < 1.29 is 26.8 Å². The first kappa shape index (κ1) is 28.0. The van der Waals surface area contributed by atoms with Gasteiger partial charge >= 0.3 is 16.2 Å². The minimum absolute atomic E-state index is 0.0939. The van der Waals surface area contributed by atoms with E-state index < -0.39 is 39.8 Å². The molecule has 2 aromatic carbocycles. The maximum atomic E-state index is 13.9. The molecule has 39 heavy (non-hydrogen) atoms. The lowest BCUT2D eigenvalue weighted by atomic mass is 10.0. The van der Waals surface area contributed by atoms with Crippen molar-refractivity contribution >= 4 is 33.7 Å². The van der Waals surface area contributed by atoms with Gasteiger partial charge in [-0.3, -0.25) is 4.79 Å². The number of rotatable bonds is 9. The molecule has 0 radical (unpaired) electrons. The van der Waals surface area contributed by atoms with Crippen molar-refractivity contribution in [3.05, 3.63) is 89.1 Å². The molecule has 1 atom stereocenters. The third kappa shape index (κ3) is 6.69. The summed E-state index contributed by atoms with van der Waals surface area (Å²) in [6.07, 6.45) is 3.43. The number of aromatic nitrogens is 1. The second-order valence-corrected chi connectivity index (χ2v) is 10.8. The molecule has 0 unspecified atom stereocenters. The first-order valence-corrected chi connectivity index (χ1v) is 13.9. The third-order valence-corrected chi connectivity index (χ3v) is 7.74. The zero-order valence-corrected chi connectivity index (χ0v) is 22.3. The monoisotopic (exact) mass is 557 g/mol. The molecular weight excluding hydrogens is 528 g/mol. The molecule has 0 spiro atoms. The summed E-state index contributed by atoms with van der Waals surface area (Å²) < 4.78 is 56.5. The van der Waals surface area contributed by atoms with Gasteiger partial charge < -0.3 is 10.2 Å². The van der Waals surface area contributed by atoms with E-state index in [2.05, 4.69) is 17.2 Å². The number of anilines is 2. The van der Waals surface area contributed by atoms with Gasteiger partial charge in [0.25, 0.3) is 0 Å². The number of pyridine rings is 1. The quantitative estimate of drug-likeness (QED) is 0.419. The van der Waals surface area contributed by atoms with Crippen molar-refractivity contribution in [2.24, 2.45) is 0 Å². The van der Waals surface area contributed by atoms with Crippen LogP contribution in [0.4, 0.5) is 25.1 Å². The average molecular weight is 558 g/mol. The van der Waals surface area contributed by atoms with Gasteiger partial charge in [-0.25, -0.2) is 27.6 Å². The van der Waals surface area contributed by atoms with Gasteiger partial charge in [0.15, 0.2) is 0 Å². The van der Waals surface area contributed by atoms with Crippen molar-refractivity contribution in [1.29, 1.82) is 0 Å². The maximum absolute atomic E-state index is 13.9. The van der Waals surface area contributed by atoms with Gasteiger partial charge in [0.1, 0.15) is 23.5 Å². The van der Waals surface area contributed by atoms with Gasteiger partial charge in [-0.05, 0) is 59.9 Å². The van der Waals surface area contributed by atoms with Crippen LogP contribution in [0, 0.1) is 11.6 Å². The summed E-state index contributed by atoms with van der Waals surface area (Å²) in [7, 11) is -2.85. The molecule has 0 fully saturated rings. The van der Waals surface area contributed by atoms with E-state index in [1.807, 2.05) is 16.9 Å². The number of benzene rings is 2. The molecule has 1 aliphatic heterocycles. The number of hydrogen-bond donors (Lipinski definition) is 2. The first-order valence-electron chi connectivity index (χ1n) is 12.4. The van der Waals surface area contributed by atoms with Crippen LogP contribution in [0.5, 0.6) is 0 Å². The summed E-state index contributed by atoms with van der Waals surface area (Å²) in [6.45, 7) is 2.15. The average Bonchev–Trinajstić information content (AvgIpc) is 3.33. The number of carbonyl (C=O) groups is 2. The van der Waals surface area contributed by atoms with Crippen LogP contribution in [0.25, 0.3) is 0 Å². The van der Waals surface area contributed by atoms with E-state index in [1.54, 1.807) is 24.3 Å². The molecule has 1 aromatic heterocycles. The minimum atomic E-state index is -4.35. The summed E-state index contributed by atoms with van der Waals surface area (Å²) in [5, 5.41) is 2.38. The highest BCUT2D eigenvalue weighted by Crippen LogP contribution is 2.26. The number of fused-ring (bicyclic) bond motifs is 1. The molecule has 206 valence electrons. The molecule has 0 bridgehead atoms. The lowest BCUT2D eigenvalue weighted by Crippen LogP contribution is -2.54. The van der Waals surface area contributed by atoms with E-state index in [4.69, 9.17) is 0 Å². The Kier molecular flexibility index (Phi) is 8.44. The number of carbonyl (C=O) groups excluding carboxylic acids is 2. The number of hydrogen-bond acceptors (Lipinski definition) is 5. The van der Waals surface area contributed by atoms with Crippen LogP contribution in [0.15, 0.2) is 60.8 Å². The highest BCUT2D eigenvalue weighted by atomic mass is 32.2. The van der Waals surface area contributed by atoms with Gasteiger partial charge in [-0.1, -0.05) is 31.5 Å². The smallest absolute Gasteiger partial charge is 0.325 e. The minimum Gasteiger partial charge on any atom is -0.325 e. The Labute approximate surface area is 226 Å². The standard InChI is InChI=1S/C27H29F2N5O4S/c1-3-5-18-7-9-23(10-8-18)33(2)26(35)24(16-19-14-21(28)17-22(29)15-19)31-27(36)32-39(37,38)34-13-11-20-6-4-12-30-25(20)34/h4,6-10,12,14-15,17,24H,3,5,11,13,16H2,1-2H3,(H2,31,32,36)/t24-/m0/s1. The Morgan fingerprint density at radius 2 is 1.77 bits per heavy atom. The normalized spacial score (nSPS) is 13.5. The van der Waals surface area contributed by atoms with Crippen molar-refractivity contribution in [1.82, 2.24) is 15.0 Å². The molecule has 12 heteroatoms. The lowest BCUT2D eigenvalue weighted by Gasteiger charge is -2.26. The van der Waals surface area contributed by atoms with Crippen LogP contribution in [-0.4, -0.2) is 45.0 Å². The zero-order valence-electron chi connectivity index (χ0n) is 21.5. The van der Waals surface area contributed by atoms with E-state index in [1.165, 1.54) is 18.1 Å². The predicted octanol–water partition coefficient (Wildman–Crippen LogP) is 3.49. The van der Waals surface area contributed by atoms with Gasteiger partial charge in [-0.15, -0.1) is 0 Å². The molecule has 1 aliphatic rings. The first-order chi connectivity index (χ1) is 18.6. The molecule has 9 nitrogen and oxygen atoms in total. The SMILES string of the molecule is CCCc1ccc(N(C)C(=O)[C@H](Cc2cc(F)cc(F)c2)NC(=O)NS(=O)(=O)N2CCc3cccnc32)cc1. The van der Waals surface area contributed by atoms with Gasteiger partial charge in [0.05, 0.1) is 0 Å². The van der Waals surface area contributed by atoms with Crippen molar-refractivity contribution in [2.75, 3.05) is 22.8 Å². The van der Waals surface area contributed by atoms with Crippen LogP contribution in [0.3, 0.4) is 0 Å². The van der Waals surface area contributed by atoms with Gasteiger partial charge in [0.2, 0.25) is 5.91 Å². The number of aryl methyl sites for hydroxylation is 1. The highest BCUT2D eigenvalue weighted by Gasteiger charge is 2.33. The van der Waals surface area contributed by atoms with Crippen LogP contribution in [-0.2, 0) is 34.3 Å². The lowest BCUT2D eigenvalue weighted by molar-refractivity contribution is -0.120. The van der Waals surface area contributed by atoms with Crippen LogP contribution in [0.1, 0.15) is 30.0 Å². The summed E-state index contributed by atoms with van der Waals surface area (Å²) in [6, 6.07) is 11.0. The summed E-state index contributed by atoms with van der Waals surface area (Å²) >= 11 is 0. The fourth-order valence-electron chi connectivity index (χ4n) is 4.47. The Balaban J connectivity index is 1.54. The van der Waals surface area contributed by atoms with E-state index in [0.717, 1.165) is 40.4 Å². The van der Waals surface area contributed by atoms with E-state index in [0.29, 0.717) is 18.2 Å². The molecule has 2 N–H and O–H groups in total. The summed E-state index contributed by atoms with van der Waals surface area (Å²) in [4.78, 5) is 31.7. The number of likely N-dealkylation sites (N-methyl/N-ethyl adjacent to an activating group) is 1. The molecule has 2 heterocycles. The Bertz CT molecular complexity index is 1450. The number of urea groups is 1. The number of nitrogens with zero attached hydrogens (tertiary/aromatic N) is 3. The molecular formula is C27H29F2N5O4S. The molecule has 3 aromatic rings. The molecule has 0 saturated carbocycles. The van der Waals surface area contributed by atoms with Crippen LogP contribution >= 0.6 is 0 Å². The zero-order chi connectivity index (χ0) is 28.2. The topological polar surface area (TPSA) is 112 Å². The van der Waals surface area contributed by atoms with Crippen LogP contribution in [0.2, 0.25) is 0 Å². The van der Waals surface area contributed by atoms with Gasteiger partial charge in [0, 0.05) is 38.0 Å². The highest BCUT2D eigenvalue weighted by molar-refractivity contribution is 7.91. The largest absolute Gasteiger partial charge is 0.330 e. The summed E-state index contributed by atoms with van der Waals surface area (Å²) in [5.41, 5.74) is 2.45. The Morgan fingerprint density at radius 3 is 2.44 bits per heavy atom. The maximum Gasteiger partial charge on any atom is 0.330 e. The van der Waals surface area contributed by atoms with E-state index in [9.17, 15) is 26.8 Å². The van der Waals surface area contributed by atoms with Crippen molar-refractivity contribution in [2.45, 2.75) is 38.6 Å². The van der Waals surface area contributed by atoms with Crippen LogP contribution < -0.4 is 19.2 Å². The number of halogens is 2. The molecule has 4 rings (SSSR count). The number of nitrogens with one attached hydrogen (secondary N) is 2. The van der Waals surface area contributed by atoms with Crippen molar-refractivity contribution in [3.63, 3.8) is 0 Å². The van der Waals surface area contributed by atoms with E-state index >= 15 is 0 Å². The van der Waals surface area contributed by atoms with Gasteiger partial charge in [-0.2, -0.15) is 8.42 Å². The molecule has 0 aliphatic carbocycles. The fourth-order valence-corrected chi connectivity index (χ4v) is 5.60. The van der Waals surface area contributed by atoms with Crippen molar-refractivity contribution in [3.8, 4) is 0 Å². The predicted molar refractivity (Wildman–Crippen MR) is 144 cm³/mol. The Morgan fingerprint density at radius 1 is 1.08 bits per heavy atom. The Hall–Kier alpha value is -4.06. The molecule has 0 saturated heterocycles. The second kappa shape index (κ2) is 11.8. The molecule has 3 amide bonds.